The van der Waals surface area contributed by atoms with Crippen molar-refractivity contribution in [3.05, 3.63) is 66.7 Å². The molecule has 7 nitrogen and oxygen atoms in total. The number of hydrogen-bond donors (Lipinski definition) is 3. The van der Waals surface area contributed by atoms with Crippen molar-refractivity contribution in [2.45, 2.75) is 11.3 Å². The average molecular weight is 394 g/mol. The molecule has 0 saturated carbocycles. The highest BCUT2D eigenvalue weighted by molar-refractivity contribution is 7.89. The molecule has 0 spiro atoms. The number of carbonyl (C=O) groups excluding carboxylic acids is 1. The van der Waals surface area contributed by atoms with Gasteiger partial charge in [0.15, 0.2) is 0 Å². The van der Waals surface area contributed by atoms with E-state index < -0.39 is 10.0 Å². The van der Waals surface area contributed by atoms with E-state index in [1.807, 2.05) is 48.5 Å². The molecular formula is C20H18N4O3S. The number of sulfonamides is 1. The number of aromatic amines is 1. The topological polar surface area (TPSA) is 104 Å². The molecule has 28 heavy (non-hydrogen) atoms. The van der Waals surface area contributed by atoms with Gasteiger partial charge < -0.3 is 4.98 Å². The second-order valence-electron chi connectivity index (χ2n) is 6.31. The highest BCUT2D eigenvalue weighted by Crippen LogP contribution is 2.19. The summed E-state index contributed by atoms with van der Waals surface area (Å²) in [6, 6.07) is 19.9. The summed E-state index contributed by atoms with van der Waals surface area (Å²) in [6.07, 6.45) is -0.0101. The number of amides is 1. The molecule has 0 atom stereocenters. The maximum Gasteiger partial charge on any atom is 0.240 e. The minimum atomic E-state index is -3.69. The minimum absolute atomic E-state index is 0.0101. The fourth-order valence-corrected chi connectivity index (χ4v) is 3.99. The van der Waals surface area contributed by atoms with Gasteiger partial charge in [0.25, 0.3) is 0 Å². The van der Waals surface area contributed by atoms with Crippen LogP contribution in [0.4, 0.5) is 5.95 Å². The van der Waals surface area contributed by atoms with Crippen LogP contribution in [0.3, 0.4) is 0 Å². The first kappa shape index (κ1) is 18.1. The zero-order valence-electron chi connectivity index (χ0n) is 14.8. The molecule has 0 radical (unpaired) electrons. The number of nitrogens with zero attached hydrogens (tertiary/aromatic N) is 1. The Hall–Kier alpha value is -3.23. The summed E-state index contributed by atoms with van der Waals surface area (Å²) >= 11 is 0. The fraction of sp³-hybridized carbons (Fsp3) is 0.100. The predicted octanol–water partition coefficient (Wildman–Crippen LogP) is 3.02. The van der Waals surface area contributed by atoms with Gasteiger partial charge in [-0.2, -0.15) is 0 Å². The molecule has 0 bridgehead atoms. The Morgan fingerprint density at radius 1 is 0.964 bits per heavy atom. The summed E-state index contributed by atoms with van der Waals surface area (Å²) in [5.74, 6) is 0.00357. The summed E-state index contributed by atoms with van der Waals surface area (Å²) in [4.78, 5) is 19.5. The SMILES string of the molecule is O=C(CCNS(=O)(=O)c1ccc2ccccc2c1)Nc1nc2ccccc2[nH]1. The maximum atomic E-state index is 12.5. The molecule has 0 unspecified atom stereocenters. The third-order valence-corrected chi connectivity index (χ3v) is 5.78. The number of aromatic nitrogens is 2. The van der Waals surface area contributed by atoms with Crippen LogP contribution in [-0.4, -0.2) is 30.8 Å². The molecular weight excluding hydrogens is 376 g/mol. The van der Waals surface area contributed by atoms with Crippen LogP contribution < -0.4 is 10.0 Å². The van der Waals surface area contributed by atoms with E-state index in [-0.39, 0.29) is 23.8 Å². The van der Waals surface area contributed by atoms with Gasteiger partial charge in [-0.15, -0.1) is 0 Å². The molecule has 0 saturated heterocycles. The Balaban J connectivity index is 1.37. The largest absolute Gasteiger partial charge is 0.324 e. The van der Waals surface area contributed by atoms with E-state index in [4.69, 9.17) is 0 Å². The second kappa shape index (κ2) is 7.41. The zero-order chi connectivity index (χ0) is 19.6. The van der Waals surface area contributed by atoms with Crippen LogP contribution in [-0.2, 0) is 14.8 Å². The summed E-state index contributed by atoms with van der Waals surface area (Å²) < 4.78 is 27.4. The van der Waals surface area contributed by atoms with Crippen LogP contribution in [0.2, 0.25) is 0 Å². The molecule has 4 rings (SSSR count). The first-order chi connectivity index (χ1) is 13.5. The number of nitrogens with one attached hydrogen (secondary N) is 3. The molecule has 3 N–H and O–H groups in total. The molecule has 0 fully saturated rings. The van der Waals surface area contributed by atoms with E-state index in [0.717, 1.165) is 21.8 Å². The van der Waals surface area contributed by atoms with Crippen LogP contribution in [0.15, 0.2) is 71.6 Å². The van der Waals surface area contributed by atoms with Crippen molar-refractivity contribution in [1.29, 1.82) is 0 Å². The smallest absolute Gasteiger partial charge is 0.240 e. The number of anilines is 1. The summed E-state index contributed by atoms with van der Waals surface area (Å²) in [5.41, 5.74) is 1.56. The molecule has 3 aromatic carbocycles. The van der Waals surface area contributed by atoms with Gasteiger partial charge in [0.2, 0.25) is 21.9 Å². The van der Waals surface area contributed by atoms with Gasteiger partial charge in [-0.3, -0.25) is 10.1 Å². The number of H-pyrrole nitrogens is 1. The predicted molar refractivity (Wildman–Crippen MR) is 108 cm³/mol. The average Bonchev–Trinajstić information content (AvgIpc) is 3.09. The third-order valence-electron chi connectivity index (χ3n) is 4.32. The van der Waals surface area contributed by atoms with Crippen LogP contribution in [0.5, 0.6) is 0 Å². The lowest BCUT2D eigenvalue weighted by Gasteiger charge is -2.08. The van der Waals surface area contributed by atoms with Crippen molar-refractivity contribution in [2.24, 2.45) is 0 Å². The lowest BCUT2D eigenvalue weighted by Crippen LogP contribution is -2.28. The Morgan fingerprint density at radius 3 is 2.54 bits per heavy atom. The molecule has 1 amide bonds. The van der Waals surface area contributed by atoms with Crippen LogP contribution >= 0.6 is 0 Å². The number of imidazole rings is 1. The number of rotatable bonds is 6. The minimum Gasteiger partial charge on any atom is -0.324 e. The van der Waals surface area contributed by atoms with Crippen molar-refractivity contribution in [3.63, 3.8) is 0 Å². The first-order valence-electron chi connectivity index (χ1n) is 8.74. The molecule has 8 heteroatoms. The quantitative estimate of drug-likeness (QED) is 0.468. The molecule has 0 aliphatic carbocycles. The van der Waals surface area contributed by atoms with E-state index in [2.05, 4.69) is 20.0 Å². The van der Waals surface area contributed by atoms with Gasteiger partial charge in [0, 0.05) is 13.0 Å². The van der Waals surface area contributed by atoms with Gasteiger partial charge in [0.05, 0.1) is 15.9 Å². The summed E-state index contributed by atoms with van der Waals surface area (Å²) in [5, 5.41) is 4.45. The Labute approximate surface area is 161 Å². The molecule has 1 aromatic heterocycles. The standard InChI is InChI=1S/C20H18N4O3S/c25-19(24-20-22-17-7-3-4-8-18(17)23-20)11-12-21-28(26,27)16-10-9-14-5-1-2-6-15(14)13-16/h1-10,13,21H,11-12H2,(H2,22,23,24,25). The molecule has 0 aliphatic heterocycles. The van der Waals surface area contributed by atoms with Crippen molar-refractivity contribution >= 4 is 43.7 Å². The van der Waals surface area contributed by atoms with Crippen LogP contribution in [0.1, 0.15) is 6.42 Å². The summed E-state index contributed by atoms with van der Waals surface area (Å²) in [6.45, 7) is -0.0127. The van der Waals surface area contributed by atoms with Gasteiger partial charge in [-0.05, 0) is 35.0 Å². The second-order valence-corrected chi connectivity index (χ2v) is 8.07. The van der Waals surface area contributed by atoms with E-state index in [9.17, 15) is 13.2 Å². The molecule has 142 valence electrons. The van der Waals surface area contributed by atoms with E-state index in [1.165, 1.54) is 0 Å². The maximum absolute atomic E-state index is 12.5. The number of hydrogen-bond acceptors (Lipinski definition) is 4. The number of fused-ring (bicyclic) bond motifs is 2. The van der Waals surface area contributed by atoms with Crippen molar-refractivity contribution < 1.29 is 13.2 Å². The zero-order valence-corrected chi connectivity index (χ0v) is 15.7. The lowest BCUT2D eigenvalue weighted by atomic mass is 10.1. The molecule has 4 aromatic rings. The first-order valence-corrected chi connectivity index (χ1v) is 10.2. The van der Waals surface area contributed by atoms with Crippen molar-refractivity contribution in [3.8, 4) is 0 Å². The number of para-hydroxylation sites is 2. The Kier molecular flexibility index (Phi) is 4.81. The van der Waals surface area contributed by atoms with Gasteiger partial charge in [0.1, 0.15) is 0 Å². The normalized spacial score (nSPS) is 11.7. The van der Waals surface area contributed by atoms with E-state index >= 15 is 0 Å². The summed E-state index contributed by atoms with van der Waals surface area (Å²) in [7, 11) is -3.69. The number of carbonyl (C=O) groups is 1. The van der Waals surface area contributed by atoms with E-state index in [0.29, 0.717) is 5.95 Å². The number of benzene rings is 3. The monoisotopic (exact) mass is 394 g/mol. The van der Waals surface area contributed by atoms with Gasteiger partial charge in [-0.25, -0.2) is 18.1 Å². The third kappa shape index (κ3) is 3.88. The lowest BCUT2D eigenvalue weighted by molar-refractivity contribution is -0.116. The Bertz CT molecular complexity index is 1230. The highest BCUT2D eigenvalue weighted by atomic mass is 32.2. The Morgan fingerprint density at radius 2 is 1.71 bits per heavy atom. The van der Waals surface area contributed by atoms with Crippen LogP contribution in [0.25, 0.3) is 21.8 Å². The molecule has 0 aliphatic rings. The highest BCUT2D eigenvalue weighted by Gasteiger charge is 2.15. The van der Waals surface area contributed by atoms with Crippen molar-refractivity contribution in [2.75, 3.05) is 11.9 Å². The fourth-order valence-electron chi connectivity index (χ4n) is 2.92. The van der Waals surface area contributed by atoms with Gasteiger partial charge >= 0.3 is 0 Å². The van der Waals surface area contributed by atoms with E-state index in [1.54, 1.807) is 18.2 Å². The molecule has 1 heterocycles. The van der Waals surface area contributed by atoms with Crippen LogP contribution in [0, 0.1) is 0 Å². The van der Waals surface area contributed by atoms with Crippen molar-refractivity contribution in [1.82, 2.24) is 14.7 Å². The van der Waals surface area contributed by atoms with Gasteiger partial charge in [-0.1, -0.05) is 42.5 Å².